The summed E-state index contributed by atoms with van der Waals surface area (Å²) in [4.78, 5) is 14.4. The molecule has 16 heavy (non-hydrogen) atoms. The minimum Gasteiger partial charge on any atom is -0.352 e. The lowest BCUT2D eigenvalue weighted by atomic mass is 9.83. The van der Waals surface area contributed by atoms with E-state index in [0.29, 0.717) is 12.0 Å². The third-order valence-corrected chi connectivity index (χ3v) is 4.19. The second-order valence-corrected chi connectivity index (χ2v) is 5.40. The van der Waals surface area contributed by atoms with Crippen LogP contribution in [0.1, 0.15) is 26.7 Å². The van der Waals surface area contributed by atoms with Gasteiger partial charge in [0, 0.05) is 24.5 Å². The van der Waals surface area contributed by atoms with Crippen molar-refractivity contribution in [3.63, 3.8) is 0 Å². The van der Waals surface area contributed by atoms with E-state index in [-0.39, 0.29) is 17.9 Å². The first-order chi connectivity index (χ1) is 7.58. The molecule has 3 saturated heterocycles. The Morgan fingerprint density at radius 2 is 2.00 bits per heavy atom. The van der Waals surface area contributed by atoms with Gasteiger partial charge in [-0.05, 0) is 38.8 Å². The van der Waals surface area contributed by atoms with E-state index in [1.165, 1.54) is 25.9 Å². The van der Waals surface area contributed by atoms with E-state index in [0.717, 1.165) is 6.54 Å². The summed E-state index contributed by atoms with van der Waals surface area (Å²) in [5.41, 5.74) is 5.75. The van der Waals surface area contributed by atoms with Gasteiger partial charge in [-0.2, -0.15) is 0 Å². The van der Waals surface area contributed by atoms with E-state index >= 15 is 0 Å². The number of carbonyl (C=O) groups is 1. The molecule has 0 aromatic carbocycles. The van der Waals surface area contributed by atoms with Gasteiger partial charge in [-0.25, -0.2) is 0 Å². The predicted molar refractivity (Wildman–Crippen MR) is 63.9 cm³/mol. The molecule has 3 aliphatic rings. The highest BCUT2D eigenvalue weighted by Crippen LogP contribution is 2.27. The first-order valence-electron chi connectivity index (χ1n) is 6.36. The summed E-state index contributed by atoms with van der Waals surface area (Å²) in [6, 6.07) is 0.289. The van der Waals surface area contributed by atoms with Gasteiger partial charge in [-0.3, -0.25) is 4.79 Å². The molecule has 3 fully saturated rings. The van der Waals surface area contributed by atoms with Crippen molar-refractivity contribution >= 4 is 5.91 Å². The zero-order valence-corrected chi connectivity index (χ0v) is 10.3. The number of nitrogens with one attached hydrogen (secondary N) is 1. The van der Waals surface area contributed by atoms with Gasteiger partial charge < -0.3 is 16.0 Å². The number of rotatable bonds is 3. The highest BCUT2D eigenvalue weighted by atomic mass is 16.2. The topological polar surface area (TPSA) is 58.4 Å². The van der Waals surface area contributed by atoms with E-state index in [9.17, 15) is 4.79 Å². The number of amides is 1. The molecule has 1 amide bonds. The molecule has 3 atom stereocenters. The van der Waals surface area contributed by atoms with Crippen LogP contribution in [0.5, 0.6) is 0 Å². The van der Waals surface area contributed by atoms with Crippen LogP contribution in [0.15, 0.2) is 0 Å². The molecule has 0 aromatic heterocycles. The molecule has 4 nitrogen and oxygen atoms in total. The van der Waals surface area contributed by atoms with Crippen molar-refractivity contribution in [3.8, 4) is 0 Å². The highest BCUT2D eigenvalue weighted by Gasteiger charge is 2.35. The minimum atomic E-state index is -0.0875. The Hall–Kier alpha value is -0.610. The van der Waals surface area contributed by atoms with Crippen molar-refractivity contribution in [2.75, 3.05) is 19.6 Å². The Balaban J connectivity index is 1.88. The number of hydrogen-bond donors (Lipinski definition) is 2. The number of fused-ring (bicyclic) bond motifs is 3. The maximum absolute atomic E-state index is 11.9. The standard InChI is InChI=1S/C12H23N3O/c1-8(9(2)13)12(16)14-11-7-15-5-3-10(11)4-6-15/h8-11H,3-7,13H2,1-2H3,(H,14,16). The number of nitrogens with zero attached hydrogens (tertiary/aromatic N) is 1. The maximum Gasteiger partial charge on any atom is 0.224 e. The van der Waals surface area contributed by atoms with Crippen LogP contribution in [-0.2, 0) is 4.79 Å². The molecule has 3 aliphatic heterocycles. The summed E-state index contributed by atoms with van der Waals surface area (Å²) in [5.74, 6) is 0.721. The number of carbonyl (C=O) groups excluding carboxylic acids is 1. The largest absolute Gasteiger partial charge is 0.352 e. The molecule has 4 heteroatoms. The fourth-order valence-electron chi connectivity index (χ4n) is 2.68. The van der Waals surface area contributed by atoms with Gasteiger partial charge in [0.05, 0.1) is 0 Å². The second kappa shape index (κ2) is 4.72. The Morgan fingerprint density at radius 3 is 2.44 bits per heavy atom. The number of nitrogens with two attached hydrogens (primary N) is 1. The van der Waals surface area contributed by atoms with Crippen LogP contribution >= 0.6 is 0 Å². The quantitative estimate of drug-likeness (QED) is 0.720. The molecule has 0 aromatic rings. The van der Waals surface area contributed by atoms with Crippen LogP contribution < -0.4 is 11.1 Å². The second-order valence-electron chi connectivity index (χ2n) is 5.40. The van der Waals surface area contributed by atoms with E-state index in [2.05, 4.69) is 10.2 Å². The Bertz CT molecular complexity index is 259. The zero-order chi connectivity index (χ0) is 11.7. The molecule has 3 heterocycles. The average molecular weight is 225 g/mol. The SMILES string of the molecule is CC(N)C(C)C(=O)NC1CN2CCC1CC2. The van der Waals surface area contributed by atoms with Crippen molar-refractivity contribution < 1.29 is 4.79 Å². The molecular weight excluding hydrogens is 202 g/mol. The van der Waals surface area contributed by atoms with Gasteiger partial charge in [0.15, 0.2) is 0 Å². The molecule has 0 radical (unpaired) electrons. The van der Waals surface area contributed by atoms with Crippen molar-refractivity contribution in [3.05, 3.63) is 0 Å². The monoisotopic (exact) mass is 225 g/mol. The Labute approximate surface area is 97.6 Å². The minimum absolute atomic E-state index is 0.0684. The first kappa shape index (κ1) is 11.9. The third-order valence-electron chi connectivity index (χ3n) is 4.19. The third kappa shape index (κ3) is 2.38. The van der Waals surface area contributed by atoms with E-state index in [1.807, 2.05) is 13.8 Å². The van der Waals surface area contributed by atoms with Gasteiger partial charge in [0.1, 0.15) is 0 Å². The average Bonchev–Trinajstić information content (AvgIpc) is 2.29. The van der Waals surface area contributed by atoms with Gasteiger partial charge in [-0.15, -0.1) is 0 Å². The Morgan fingerprint density at radius 1 is 1.38 bits per heavy atom. The molecule has 3 rings (SSSR count). The summed E-state index contributed by atoms with van der Waals surface area (Å²) in [6.07, 6.45) is 2.47. The first-order valence-corrected chi connectivity index (χ1v) is 6.36. The lowest BCUT2D eigenvalue weighted by molar-refractivity contribution is -0.127. The van der Waals surface area contributed by atoms with Crippen LogP contribution in [0.2, 0.25) is 0 Å². The zero-order valence-electron chi connectivity index (χ0n) is 10.3. The van der Waals surface area contributed by atoms with Crippen LogP contribution in [-0.4, -0.2) is 42.5 Å². The van der Waals surface area contributed by atoms with Crippen molar-refractivity contribution in [1.82, 2.24) is 10.2 Å². The molecule has 0 saturated carbocycles. The summed E-state index contributed by atoms with van der Waals surface area (Å²) < 4.78 is 0. The van der Waals surface area contributed by atoms with Gasteiger partial charge in [0.25, 0.3) is 0 Å². The lowest BCUT2D eigenvalue weighted by Crippen LogP contribution is -2.58. The normalized spacial score (nSPS) is 36.8. The van der Waals surface area contributed by atoms with Crippen molar-refractivity contribution in [2.24, 2.45) is 17.6 Å². The molecule has 92 valence electrons. The van der Waals surface area contributed by atoms with E-state index in [1.54, 1.807) is 0 Å². The smallest absolute Gasteiger partial charge is 0.224 e. The molecular formula is C12H23N3O. The molecule has 3 N–H and O–H groups in total. The summed E-state index contributed by atoms with van der Waals surface area (Å²) in [5, 5.41) is 3.17. The van der Waals surface area contributed by atoms with Crippen LogP contribution in [0.25, 0.3) is 0 Å². The molecule has 0 aliphatic carbocycles. The molecule has 2 bridgehead atoms. The van der Waals surface area contributed by atoms with Crippen molar-refractivity contribution in [2.45, 2.75) is 38.8 Å². The maximum atomic E-state index is 11.9. The van der Waals surface area contributed by atoms with Crippen LogP contribution in [0, 0.1) is 11.8 Å². The summed E-state index contributed by atoms with van der Waals surface area (Å²) >= 11 is 0. The van der Waals surface area contributed by atoms with Crippen LogP contribution in [0.3, 0.4) is 0 Å². The lowest BCUT2D eigenvalue weighted by Gasteiger charge is -2.45. The van der Waals surface area contributed by atoms with E-state index in [4.69, 9.17) is 5.73 Å². The number of piperidine rings is 3. The van der Waals surface area contributed by atoms with Gasteiger partial charge in [-0.1, -0.05) is 6.92 Å². The molecule has 3 unspecified atom stereocenters. The van der Waals surface area contributed by atoms with E-state index < -0.39 is 0 Å². The highest BCUT2D eigenvalue weighted by molar-refractivity contribution is 5.79. The fraction of sp³-hybridized carbons (Fsp3) is 0.917. The predicted octanol–water partition coefficient (Wildman–Crippen LogP) is 0.180. The van der Waals surface area contributed by atoms with Gasteiger partial charge >= 0.3 is 0 Å². The number of hydrogen-bond acceptors (Lipinski definition) is 3. The Kier molecular flexibility index (Phi) is 3.50. The summed E-state index contributed by atoms with van der Waals surface area (Å²) in [7, 11) is 0. The fourth-order valence-corrected chi connectivity index (χ4v) is 2.68. The summed E-state index contributed by atoms with van der Waals surface area (Å²) in [6.45, 7) is 7.24. The van der Waals surface area contributed by atoms with Gasteiger partial charge in [0.2, 0.25) is 5.91 Å². The molecule has 0 spiro atoms. The van der Waals surface area contributed by atoms with Crippen molar-refractivity contribution in [1.29, 1.82) is 0 Å². The van der Waals surface area contributed by atoms with Crippen LogP contribution in [0.4, 0.5) is 0 Å².